The van der Waals surface area contributed by atoms with Crippen LogP contribution in [0, 0.1) is 0 Å². The average molecular weight is 242 g/mol. The minimum absolute atomic E-state index is 0.0466. The van der Waals surface area contributed by atoms with E-state index in [0.717, 1.165) is 0 Å². The number of hydrogen-bond donors (Lipinski definition) is 3. The molecule has 1 atom stereocenters. The van der Waals surface area contributed by atoms with E-state index in [4.69, 9.17) is 11.6 Å². The van der Waals surface area contributed by atoms with Gasteiger partial charge in [-0.25, -0.2) is 5.10 Å². The number of hydrogen-bond acceptors (Lipinski definition) is 6. The van der Waals surface area contributed by atoms with Gasteiger partial charge < -0.3 is 5.32 Å². The highest BCUT2D eigenvalue weighted by molar-refractivity contribution is 6.32. The Morgan fingerprint density at radius 3 is 3.06 bits per heavy atom. The standard InChI is InChI=1S/C7H8ClN7O/c1-3(6-11-14-15-12-6)10-4-2-9-13-7(16)5(4)8/h2-3H,1H3,(H2,10,13,16)(H,11,12,14,15). The molecule has 0 fully saturated rings. The zero-order valence-electron chi connectivity index (χ0n) is 8.23. The lowest BCUT2D eigenvalue weighted by atomic mass is 10.3. The van der Waals surface area contributed by atoms with Crippen molar-refractivity contribution in [1.29, 1.82) is 0 Å². The van der Waals surface area contributed by atoms with Crippen LogP contribution in [0.15, 0.2) is 11.0 Å². The Morgan fingerprint density at radius 1 is 1.56 bits per heavy atom. The van der Waals surface area contributed by atoms with Gasteiger partial charge in [0.05, 0.1) is 17.9 Å². The number of aromatic nitrogens is 6. The van der Waals surface area contributed by atoms with Crippen molar-refractivity contribution < 1.29 is 0 Å². The molecule has 2 aromatic rings. The second kappa shape index (κ2) is 4.27. The summed E-state index contributed by atoms with van der Waals surface area (Å²) in [6.45, 7) is 1.81. The molecule has 84 valence electrons. The van der Waals surface area contributed by atoms with Crippen molar-refractivity contribution in [3.8, 4) is 0 Å². The number of rotatable bonds is 3. The molecule has 3 N–H and O–H groups in total. The first kappa shape index (κ1) is 10.6. The van der Waals surface area contributed by atoms with E-state index in [9.17, 15) is 4.79 Å². The number of nitrogens with zero attached hydrogens (tertiary/aromatic N) is 4. The molecule has 8 nitrogen and oxygen atoms in total. The zero-order chi connectivity index (χ0) is 11.5. The largest absolute Gasteiger partial charge is 0.373 e. The quantitative estimate of drug-likeness (QED) is 0.703. The summed E-state index contributed by atoms with van der Waals surface area (Å²) in [5.41, 5.74) is -0.0327. The molecule has 0 saturated carbocycles. The lowest BCUT2D eigenvalue weighted by molar-refractivity contribution is 0.790. The fourth-order valence-electron chi connectivity index (χ4n) is 1.13. The molecule has 0 aromatic carbocycles. The van der Waals surface area contributed by atoms with E-state index in [-0.39, 0.29) is 11.1 Å². The van der Waals surface area contributed by atoms with Crippen LogP contribution in [0.2, 0.25) is 5.02 Å². The molecule has 0 aliphatic rings. The number of halogens is 1. The lowest BCUT2D eigenvalue weighted by Crippen LogP contribution is -2.14. The van der Waals surface area contributed by atoms with E-state index < -0.39 is 5.56 Å². The van der Waals surface area contributed by atoms with E-state index in [1.54, 1.807) is 0 Å². The molecule has 0 saturated heterocycles. The average Bonchev–Trinajstić information content (AvgIpc) is 2.78. The van der Waals surface area contributed by atoms with Gasteiger partial charge in [0, 0.05) is 0 Å². The third kappa shape index (κ3) is 2.01. The number of anilines is 1. The van der Waals surface area contributed by atoms with Crippen molar-refractivity contribution >= 4 is 17.3 Å². The molecular formula is C7H8ClN7O. The SMILES string of the molecule is CC(Nc1cn[nH]c(=O)c1Cl)c1nn[nH]n1. The molecule has 1 unspecified atom stereocenters. The van der Waals surface area contributed by atoms with Gasteiger partial charge >= 0.3 is 0 Å². The zero-order valence-corrected chi connectivity index (χ0v) is 8.99. The normalized spacial score (nSPS) is 12.4. The highest BCUT2D eigenvalue weighted by Crippen LogP contribution is 2.19. The first-order chi connectivity index (χ1) is 7.68. The van der Waals surface area contributed by atoms with Gasteiger partial charge in [0.15, 0.2) is 5.82 Å². The third-order valence-corrected chi connectivity index (χ3v) is 2.29. The molecule has 2 rings (SSSR count). The molecule has 2 aromatic heterocycles. The van der Waals surface area contributed by atoms with Crippen LogP contribution in [0.25, 0.3) is 0 Å². The summed E-state index contributed by atoms with van der Waals surface area (Å²) >= 11 is 5.79. The Bertz CT molecular complexity index is 522. The van der Waals surface area contributed by atoms with Crippen LogP contribution in [0.4, 0.5) is 5.69 Å². The maximum absolute atomic E-state index is 11.2. The van der Waals surface area contributed by atoms with E-state index in [2.05, 4.69) is 36.1 Å². The molecule has 0 aliphatic heterocycles. The minimum atomic E-state index is -0.452. The van der Waals surface area contributed by atoms with E-state index in [1.807, 2.05) is 6.92 Å². The highest BCUT2D eigenvalue weighted by Gasteiger charge is 2.13. The summed E-state index contributed by atoms with van der Waals surface area (Å²) in [6, 6.07) is -0.236. The van der Waals surface area contributed by atoms with Crippen LogP contribution in [0.5, 0.6) is 0 Å². The monoisotopic (exact) mass is 241 g/mol. The van der Waals surface area contributed by atoms with Gasteiger partial charge in [0.1, 0.15) is 5.02 Å². The van der Waals surface area contributed by atoms with Gasteiger partial charge in [0.2, 0.25) is 0 Å². The summed E-state index contributed by atoms with van der Waals surface area (Å²) in [4.78, 5) is 11.2. The molecule has 0 spiro atoms. The summed E-state index contributed by atoms with van der Waals surface area (Å²) in [5.74, 6) is 0.469. The Balaban J connectivity index is 2.21. The first-order valence-electron chi connectivity index (χ1n) is 4.41. The summed E-state index contributed by atoms with van der Waals surface area (Å²) in [5, 5.41) is 22.2. The Labute approximate surface area is 94.4 Å². The van der Waals surface area contributed by atoms with Crippen LogP contribution in [0.3, 0.4) is 0 Å². The van der Waals surface area contributed by atoms with E-state index >= 15 is 0 Å². The van der Waals surface area contributed by atoms with E-state index in [0.29, 0.717) is 11.5 Å². The van der Waals surface area contributed by atoms with Gasteiger partial charge in [-0.15, -0.1) is 10.2 Å². The summed E-state index contributed by atoms with van der Waals surface area (Å²) in [6.07, 6.45) is 1.42. The number of aromatic amines is 2. The predicted molar refractivity (Wildman–Crippen MR) is 56.1 cm³/mol. The van der Waals surface area contributed by atoms with Crippen molar-refractivity contribution in [3.05, 3.63) is 27.4 Å². The minimum Gasteiger partial charge on any atom is -0.373 e. The van der Waals surface area contributed by atoms with Gasteiger partial charge in [0.25, 0.3) is 5.56 Å². The lowest BCUT2D eigenvalue weighted by Gasteiger charge is -2.11. The fraction of sp³-hybridized carbons (Fsp3) is 0.286. The van der Waals surface area contributed by atoms with E-state index in [1.165, 1.54) is 6.20 Å². The van der Waals surface area contributed by atoms with Crippen molar-refractivity contribution in [2.45, 2.75) is 13.0 Å². The van der Waals surface area contributed by atoms with Crippen LogP contribution < -0.4 is 10.9 Å². The molecule has 0 amide bonds. The van der Waals surface area contributed by atoms with Crippen LogP contribution in [-0.2, 0) is 0 Å². The smallest absolute Gasteiger partial charge is 0.285 e. The van der Waals surface area contributed by atoms with Crippen molar-refractivity contribution in [2.75, 3.05) is 5.32 Å². The first-order valence-corrected chi connectivity index (χ1v) is 4.79. The molecule has 16 heavy (non-hydrogen) atoms. The second-order valence-electron chi connectivity index (χ2n) is 3.06. The number of nitrogens with one attached hydrogen (secondary N) is 3. The third-order valence-electron chi connectivity index (χ3n) is 1.92. The van der Waals surface area contributed by atoms with Gasteiger partial charge in [-0.05, 0) is 6.92 Å². The summed E-state index contributed by atoms with van der Waals surface area (Å²) in [7, 11) is 0. The Hall–Kier alpha value is -1.96. The molecule has 0 bridgehead atoms. The van der Waals surface area contributed by atoms with Gasteiger partial charge in [-0.2, -0.15) is 10.3 Å². The van der Waals surface area contributed by atoms with Gasteiger partial charge in [-0.3, -0.25) is 4.79 Å². The van der Waals surface area contributed by atoms with Crippen LogP contribution in [0.1, 0.15) is 18.8 Å². The van der Waals surface area contributed by atoms with Crippen molar-refractivity contribution in [2.24, 2.45) is 0 Å². The Morgan fingerprint density at radius 2 is 2.38 bits per heavy atom. The maximum atomic E-state index is 11.2. The Kier molecular flexibility index (Phi) is 2.82. The van der Waals surface area contributed by atoms with Crippen LogP contribution in [-0.4, -0.2) is 30.8 Å². The number of tetrazole rings is 1. The van der Waals surface area contributed by atoms with Gasteiger partial charge in [-0.1, -0.05) is 16.8 Å². The molecule has 0 aliphatic carbocycles. The molecule has 9 heteroatoms. The fourth-order valence-corrected chi connectivity index (χ4v) is 1.28. The predicted octanol–water partition coefficient (Wildman–Crippen LogP) is 0.109. The maximum Gasteiger partial charge on any atom is 0.285 e. The molecule has 0 radical (unpaired) electrons. The van der Waals surface area contributed by atoms with Crippen molar-refractivity contribution in [1.82, 2.24) is 30.8 Å². The van der Waals surface area contributed by atoms with Crippen LogP contribution >= 0.6 is 11.6 Å². The second-order valence-corrected chi connectivity index (χ2v) is 3.44. The van der Waals surface area contributed by atoms with Crippen molar-refractivity contribution in [3.63, 3.8) is 0 Å². The number of H-pyrrole nitrogens is 2. The summed E-state index contributed by atoms with van der Waals surface area (Å²) < 4.78 is 0. The highest BCUT2D eigenvalue weighted by atomic mass is 35.5. The topological polar surface area (TPSA) is 112 Å². The molecular weight excluding hydrogens is 234 g/mol. The molecule has 2 heterocycles.